The van der Waals surface area contributed by atoms with Crippen LogP contribution in [0.1, 0.15) is 181 Å². The van der Waals surface area contributed by atoms with Crippen molar-refractivity contribution in [1.29, 1.82) is 0 Å². The van der Waals surface area contributed by atoms with Gasteiger partial charge < -0.3 is 19.3 Å². The highest BCUT2D eigenvalue weighted by Crippen LogP contribution is 2.45. The van der Waals surface area contributed by atoms with Crippen molar-refractivity contribution in [2.24, 2.45) is 0 Å². The Bertz CT molecular complexity index is 3950. The summed E-state index contributed by atoms with van der Waals surface area (Å²) in [6, 6.07) is 20.6. The molecule has 0 atom stereocenters. The second-order valence-corrected chi connectivity index (χ2v) is 26.1. The third-order valence-corrected chi connectivity index (χ3v) is 15.2. The van der Waals surface area contributed by atoms with Gasteiger partial charge in [0.1, 0.15) is 23.0 Å². The Hall–Kier alpha value is -10.9. The van der Waals surface area contributed by atoms with Crippen LogP contribution in [0.15, 0.2) is 103 Å². The number of nitro benzene ring substituents is 6. The molecule has 466 valence electrons. The number of phenolic OH excluding ortho intramolecular Hbond substituents is 1. The van der Waals surface area contributed by atoms with E-state index in [4.69, 9.17) is 14.2 Å². The van der Waals surface area contributed by atoms with Crippen LogP contribution in [-0.4, -0.2) is 52.6 Å². The Labute approximate surface area is 514 Å². The third-order valence-electron chi connectivity index (χ3n) is 15.2. The molecule has 1 aliphatic rings. The lowest BCUT2D eigenvalue weighted by Gasteiger charge is -2.28. The van der Waals surface area contributed by atoms with E-state index in [1.165, 1.54) is 0 Å². The first-order valence-electron chi connectivity index (χ1n) is 28.0. The number of ether oxygens (including phenoxy) is 3. The maximum atomic E-state index is 14.9. The molecular weight excluding hydrogens is 1170 g/mol. The molecule has 8 rings (SSSR count). The quantitative estimate of drug-likeness (QED) is 0.0514. The molecule has 0 unspecified atom stereocenters. The minimum Gasteiger partial charge on any atom is -0.507 e. The van der Waals surface area contributed by atoms with Crippen molar-refractivity contribution in [2.45, 2.75) is 130 Å². The molecule has 8 bridgehead atoms. The monoisotopic (exact) mass is 1230 g/mol. The van der Waals surface area contributed by atoms with Gasteiger partial charge in [0.25, 0.3) is 34.1 Å². The standard InChI is InChI=1S/C65H62N6O19/c1-62(2,3)45-17-34-13-36-19-46(63(4,5)6)21-38(56(36)88-59(73)42-25-49(66(76)77)31-50(26-42)67(78)79)15-40-23-48(65(10,11)12)24-41(58(40)90-61(75)44-29-53(70(84)85)33-54(30-44)71(86)87)16-39-22-47(64(7,8)9)20-37(14-35(18-45)55(34)72)57(39)89-60(74)43-27-51(68(80)81)32-52(28-43)69(82)83/h17-33,72H,13-16H2,1-12H3. The predicted octanol–water partition coefficient (Wildman–Crippen LogP) is 14.4. The smallest absolute Gasteiger partial charge is 0.344 e. The van der Waals surface area contributed by atoms with Crippen molar-refractivity contribution in [3.8, 4) is 23.0 Å². The van der Waals surface area contributed by atoms with Crippen LogP contribution in [-0.2, 0) is 47.3 Å². The fourth-order valence-corrected chi connectivity index (χ4v) is 10.3. The van der Waals surface area contributed by atoms with E-state index in [9.17, 15) is 80.2 Å². The van der Waals surface area contributed by atoms with Gasteiger partial charge in [-0.25, -0.2) is 14.4 Å². The van der Waals surface area contributed by atoms with Crippen LogP contribution >= 0.6 is 0 Å². The van der Waals surface area contributed by atoms with Gasteiger partial charge in [-0.3, -0.25) is 60.7 Å². The first-order chi connectivity index (χ1) is 41.7. The first-order valence-corrected chi connectivity index (χ1v) is 28.0. The maximum Gasteiger partial charge on any atom is 0.344 e. The zero-order valence-corrected chi connectivity index (χ0v) is 51.1. The summed E-state index contributed by atoms with van der Waals surface area (Å²) < 4.78 is 19.2. The topological polar surface area (TPSA) is 358 Å². The summed E-state index contributed by atoms with van der Waals surface area (Å²) in [5.74, 6) is -4.74. The molecule has 0 saturated carbocycles. The van der Waals surface area contributed by atoms with Crippen molar-refractivity contribution in [3.63, 3.8) is 0 Å². The summed E-state index contributed by atoms with van der Waals surface area (Å²) in [6.07, 6.45) is -1.19. The highest BCUT2D eigenvalue weighted by atomic mass is 16.6. The van der Waals surface area contributed by atoms with Gasteiger partial charge in [-0.1, -0.05) is 132 Å². The van der Waals surface area contributed by atoms with E-state index in [1.54, 1.807) is 48.5 Å². The molecule has 0 radical (unpaired) electrons. The molecule has 25 nitrogen and oxygen atoms in total. The molecular formula is C65H62N6O19. The average Bonchev–Trinajstić information content (AvgIpc) is 0.780. The summed E-state index contributed by atoms with van der Waals surface area (Å²) in [4.78, 5) is 112. The number of benzene rings is 7. The summed E-state index contributed by atoms with van der Waals surface area (Å²) in [5.41, 5.74) is -5.33. The van der Waals surface area contributed by atoms with E-state index < -0.39 is 120 Å². The van der Waals surface area contributed by atoms with E-state index >= 15 is 0 Å². The zero-order valence-electron chi connectivity index (χ0n) is 51.1. The fraction of sp³-hybridized carbons (Fsp3) is 0.308. The van der Waals surface area contributed by atoms with Gasteiger partial charge in [0.2, 0.25) is 0 Å². The lowest BCUT2D eigenvalue weighted by molar-refractivity contribution is -0.394. The van der Waals surface area contributed by atoms with Crippen LogP contribution in [0.3, 0.4) is 0 Å². The minimum absolute atomic E-state index is 0.146. The Balaban J connectivity index is 1.54. The average molecular weight is 1230 g/mol. The Kier molecular flexibility index (Phi) is 17.4. The third kappa shape index (κ3) is 14.3. The number of hydrogen-bond acceptors (Lipinski definition) is 19. The van der Waals surface area contributed by atoms with E-state index in [0.29, 0.717) is 40.5 Å². The van der Waals surface area contributed by atoms with E-state index in [2.05, 4.69) is 0 Å². The lowest BCUT2D eigenvalue weighted by atomic mass is 9.79. The first kappa shape index (κ1) is 65.1. The van der Waals surface area contributed by atoms with E-state index in [-0.39, 0.29) is 93.2 Å². The second-order valence-electron chi connectivity index (χ2n) is 26.1. The maximum absolute atomic E-state index is 14.9. The van der Waals surface area contributed by atoms with Crippen molar-refractivity contribution in [3.05, 3.63) is 247 Å². The minimum atomic E-state index is -1.32. The number of carbonyl (C=O) groups is 3. The van der Waals surface area contributed by atoms with Crippen LogP contribution in [0.2, 0.25) is 0 Å². The second kappa shape index (κ2) is 24.0. The molecule has 90 heavy (non-hydrogen) atoms. The number of carbonyl (C=O) groups excluding carboxylic acids is 3. The molecule has 7 aromatic carbocycles. The zero-order chi connectivity index (χ0) is 66.6. The summed E-state index contributed by atoms with van der Waals surface area (Å²) in [5, 5.41) is 85.9. The largest absolute Gasteiger partial charge is 0.507 e. The highest BCUT2D eigenvalue weighted by molar-refractivity contribution is 5.95. The van der Waals surface area contributed by atoms with Crippen molar-refractivity contribution in [2.75, 3.05) is 0 Å². The Morgan fingerprint density at radius 3 is 0.644 bits per heavy atom. The fourth-order valence-electron chi connectivity index (χ4n) is 10.3. The van der Waals surface area contributed by atoms with Gasteiger partial charge >= 0.3 is 17.9 Å². The van der Waals surface area contributed by atoms with Gasteiger partial charge in [-0.2, -0.15) is 0 Å². The number of nitrogens with zero attached hydrogens (tertiary/aromatic N) is 6. The van der Waals surface area contributed by atoms with Gasteiger partial charge in [0, 0.05) is 95.5 Å². The van der Waals surface area contributed by atoms with E-state index in [1.807, 2.05) is 83.1 Å². The summed E-state index contributed by atoms with van der Waals surface area (Å²) >= 11 is 0. The van der Waals surface area contributed by atoms with Gasteiger partial charge in [0.05, 0.1) is 64.4 Å². The number of hydrogen-bond donors (Lipinski definition) is 1. The summed E-state index contributed by atoms with van der Waals surface area (Å²) in [6.45, 7) is 22.8. The molecule has 0 aromatic heterocycles. The summed E-state index contributed by atoms with van der Waals surface area (Å²) in [7, 11) is 0. The molecule has 0 fully saturated rings. The molecule has 1 N–H and O–H groups in total. The van der Waals surface area contributed by atoms with Crippen molar-refractivity contribution in [1.82, 2.24) is 0 Å². The number of non-ortho nitro benzene ring substituents is 6. The van der Waals surface area contributed by atoms with Gasteiger partial charge in [-0.05, 0) is 55.0 Å². The van der Waals surface area contributed by atoms with Crippen LogP contribution in [0.4, 0.5) is 34.1 Å². The van der Waals surface area contributed by atoms with Crippen molar-refractivity contribution < 1.29 is 63.2 Å². The van der Waals surface area contributed by atoms with Crippen LogP contribution < -0.4 is 14.2 Å². The number of nitro groups is 6. The molecule has 0 amide bonds. The van der Waals surface area contributed by atoms with Crippen LogP contribution in [0, 0.1) is 60.7 Å². The number of esters is 3. The van der Waals surface area contributed by atoms with Crippen LogP contribution in [0.25, 0.3) is 0 Å². The normalized spacial score (nSPS) is 12.5. The Morgan fingerprint density at radius 1 is 0.311 bits per heavy atom. The van der Waals surface area contributed by atoms with Crippen molar-refractivity contribution >= 4 is 52.0 Å². The number of aromatic hydroxyl groups is 1. The molecule has 1 aliphatic carbocycles. The molecule has 7 aromatic rings. The number of rotatable bonds is 12. The Morgan fingerprint density at radius 2 is 0.478 bits per heavy atom. The molecule has 0 saturated heterocycles. The van der Waals surface area contributed by atoms with Gasteiger partial charge in [0.15, 0.2) is 0 Å². The highest BCUT2D eigenvalue weighted by Gasteiger charge is 2.33. The molecule has 0 spiro atoms. The molecule has 0 aliphatic heterocycles. The number of phenols is 1. The number of fused-ring (bicyclic) bond motifs is 8. The molecule has 25 heteroatoms. The van der Waals surface area contributed by atoms with Crippen LogP contribution in [0.5, 0.6) is 23.0 Å². The van der Waals surface area contributed by atoms with Gasteiger partial charge in [-0.15, -0.1) is 0 Å². The molecule has 0 heterocycles. The lowest BCUT2D eigenvalue weighted by Crippen LogP contribution is -2.19. The predicted molar refractivity (Wildman–Crippen MR) is 328 cm³/mol. The van der Waals surface area contributed by atoms with E-state index in [0.717, 1.165) is 36.4 Å². The SMILES string of the molecule is CC(C)(C)c1cc2c(O)c(c1)Cc1cc(C(C)(C)C)cc(c1OC(=O)c1cc([N+](=O)[O-])cc([N+](=O)[O-])c1)Cc1cc(C(C)(C)C)cc(c1OC(=O)c1cc([N+](=O)[O-])cc([N+](=O)[O-])c1)Cc1cc(C(C)(C)C)cc(c1OC(=O)c1cc([N+](=O)[O-])cc([N+](=O)[O-])c1)C2.